The molecule has 0 aliphatic heterocycles. The maximum absolute atomic E-state index is 12.2. The molecule has 4 aromatic rings. The number of esters is 1. The molecule has 0 saturated carbocycles. The Morgan fingerprint density at radius 3 is 2.72 bits per heavy atom. The zero-order chi connectivity index (χ0) is 20.4. The molecule has 0 aliphatic rings. The first-order valence-corrected chi connectivity index (χ1v) is 10.3. The normalized spacial score (nSPS) is 11.0. The number of ether oxygens (including phenoxy) is 2. The summed E-state index contributed by atoms with van der Waals surface area (Å²) in [5.41, 5.74) is 1.57. The van der Waals surface area contributed by atoms with Crippen molar-refractivity contribution in [2.24, 2.45) is 0 Å². The Morgan fingerprint density at radius 1 is 1.21 bits per heavy atom. The minimum absolute atomic E-state index is 0.315. The molecule has 1 aromatic carbocycles. The molecule has 0 aliphatic carbocycles. The fraction of sp³-hybridized carbons (Fsp3) is 0.211. The monoisotopic (exact) mass is 428 g/mol. The van der Waals surface area contributed by atoms with Crippen molar-refractivity contribution in [2.75, 3.05) is 13.7 Å². The average molecular weight is 428 g/mol. The van der Waals surface area contributed by atoms with Crippen LogP contribution in [0.1, 0.15) is 22.2 Å². The highest BCUT2D eigenvalue weighted by Crippen LogP contribution is 2.38. The summed E-state index contributed by atoms with van der Waals surface area (Å²) >= 11 is 2.52. The molecular weight excluding hydrogens is 412 g/mol. The summed E-state index contributed by atoms with van der Waals surface area (Å²) in [7, 11) is 1.61. The zero-order valence-corrected chi connectivity index (χ0v) is 17.5. The number of aromatic nitrogens is 4. The molecule has 0 fully saturated rings. The Kier molecular flexibility index (Phi) is 5.45. The highest BCUT2D eigenvalue weighted by Gasteiger charge is 2.22. The van der Waals surface area contributed by atoms with Crippen LogP contribution >= 0.6 is 23.1 Å². The number of benzene rings is 1. The standard InChI is InChI=1S/C19H16N4O4S2/c1-4-26-18(24)14-10(2)13-16(28-14)20-9-21-17(13)29-19-23-22-15(27-19)11-5-7-12(25-3)8-6-11/h5-9H,4H2,1-3H3. The van der Waals surface area contributed by atoms with E-state index in [9.17, 15) is 4.79 Å². The van der Waals surface area contributed by atoms with Gasteiger partial charge in [-0.05, 0) is 55.4 Å². The number of carbonyl (C=O) groups excluding carboxylic acids is 1. The van der Waals surface area contributed by atoms with Crippen LogP contribution in [0.5, 0.6) is 5.75 Å². The van der Waals surface area contributed by atoms with Crippen molar-refractivity contribution in [2.45, 2.75) is 24.1 Å². The summed E-state index contributed by atoms with van der Waals surface area (Å²) in [5.74, 6) is 0.787. The van der Waals surface area contributed by atoms with Gasteiger partial charge in [0.1, 0.15) is 26.8 Å². The van der Waals surface area contributed by atoms with Gasteiger partial charge < -0.3 is 13.9 Å². The summed E-state index contributed by atoms with van der Waals surface area (Å²) in [4.78, 5) is 22.1. The van der Waals surface area contributed by atoms with E-state index in [0.717, 1.165) is 22.3 Å². The van der Waals surface area contributed by atoms with E-state index in [1.807, 2.05) is 31.2 Å². The van der Waals surface area contributed by atoms with E-state index in [0.29, 0.717) is 32.5 Å². The number of hydrogen-bond acceptors (Lipinski definition) is 10. The summed E-state index contributed by atoms with van der Waals surface area (Å²) in [6, 6.07) is 7.34. The van der Waals surface area contributed by atoms with Crippen LogP contribution in [-0.2, 0) is 4.74 Å². The van der Waals surface area contributed by atoms with Gasteiger partial charge in [0.2, 0.25) is 5.89 Å². The first-order chi connectivity index (χ1) is 14.1. The van der Waals surface area contributed by atoms with Gasteiger partial charge in [-0.3, -0.25) is 0 Å². The van der Waals surface area contributed by atoms with E-state index >= 15 is 0 Å². The van der Waals surface area contributed by atoms with Crippen molar-refractivity contribution in [1.82, 2.24) is 20.2 Å². The van der Waals surface area contributed by atoms with Gasteiger partial charge in [-0.15, -0.1) is 21.5 Å². The van der Waals surface area contributed by atoms with E-state index in [-0.39, 0.29) is 5.97 Å². The molecule has 0 saturated heterocycles. The van der Waals surface area contributed by atoms with Gasteiger partial charge in [0.25, 0.3) is 5.22 Å². The lowest BCUT2D eigenvalue weighted by atomic mass is 10.2. The van der Waals surface area contributed by atoms with Crippen LogP contribution in [0.4, 0.5) is 0 Å². The van der Waals surface area contributed by atoms with E-state index in [2.05, 4.69) is 20.2 Å². The van der Waals surface area contributed by atoms with E-state index in [1.54, 1.807) is 14.0 Å². The Hall–Kier alpha value is -2.98. The lowest BCUT2D eigenvalue weighted by molar-refractivity contribution is 0.0531. The quantitative estimate of drug-likeness (QED) is 0.327. The molecule has 4 rings (SSSR count). The number of carbonyl (C=O) groups is 1. The van der Waals surface area contributed by atoms with Crippen molar-refractivity contribution in [3.8, 4) is 17.2 Å². The molecule has 3 aromatic heterocycles. The van der Waals surface area contributed by atoms with Gasteiger partial charge in [0, 0.05) is 10.9 Å². The molecule has 10 heteroatoms. The number of hydrogen-bond donors (Lipinski definition) is 0. The van der Waals surface area contributed by atoms with Gasteiger partial charge in [0.15, 0.2) is 0 Å². The van der Waals surface area contributed by atoms with Crippen molar-refractivity contribution in [1.29, 1.82) is 0 Å². The fourth-order valence-electron chi connectivity index (χ4n) is 2.69. The van der Waals surface area contributed by atoms with Gasteiger partial charge in [0.05, 0.1) is 13.7 Å². The Labute approximate surface area is 174 Å². The molecule has 0 amide bonds. The van der Waals surface area contributed by atoms with Crippen molar-refractivity contribution >= 4 is 39.3 Å². The molecule has 3 heterocycles. The Morgan fingerprint density at radius 2 is 2.00 bits per heavy atom. The van der Waals surface area contributed by atoms with Crippen LogP contribution in [-0.4, -0.2) is 39.9 Å². The van der Waals surface area contributed by atoms with Crippen LogP contribution in [0.25, 0.3) is 21.7 Å². The number of fused-ring (bicyclic) bond motifs is 1. The third-order valence-electron chi connectivity index (χ3n) is 4.08. The molecule has 148 valence electrons. The summed E-state index contributed by atoms with van der Waals surface area (Å²) in [5, 5.41) is 9.99. The van der Waals surface area contributed by atoms with Crippen LogP contribution in [0, 0.1) is 6.92 Å². The molecule has 0 radical (unpaired) electrons. The second kappa shape index (κ2) is 8.18. The lowest BCUT2D eigenvalue weighted by Crippen LogP contribution is -2.03. The molecule has 0 atom stereocenters. The molecule has 8 nitrogen and oxygen atoms in total. The largest absolute Gasteiger partial charge is 0.497 e. The third-order valence-corrected chi connectivity index (χ3v) is 6.10. The molecule has 0 N–H and O–H groups in total. The van der Waals surface area contributed by atoms with Gasteiger partial charge in [-0.1, -0.05) is 0 Å². The van der Waals surface area contributed by atoms with E-state index in [1.165, 1.54) is 29.4 Å². The van der Waals surface area contributed by atoms with Crippen LogP contribution in [0.15, 0.2) is 45.3 Å². The zero-order valence-electron chi connectivity index (χ0n) is 15.8. The summed E-state index contributed by atoms with van der Waals surface area (Å²) in [6.07, 6.45) is 1.45. The van der Waals surface area contributed by atoms with E-state index in [4.69, 9.17) is 13.9 Å². The SMILES string of the molecule is CCOC(=O)c1sc2ncnc(Sc3nnc(-c4ccc(OC)cc4)o3)c2c1C. The average Bonchev–Trinajstić information content (AvgIpc) is 3.33. The Balaban J connectivity index is 1.64. The topological polar surface area (TPSA) is 100 Å². The van der Waals surface area contributed by atoms with Crippen molar-refractivity contribution in [3.63, 3.8) is 0 Å². The first kappa shape index (κ1) is 19.3. The molecule has 0 unspecified atom stereocenters. The van der Waals surface area contributed by atoms with Crippen LogP contribution in [0.2, 0.25) is 0 Å². The number of nitrogens with zero attached hydrogens (tertiary/aromatic N) is 4. The van der Waals surface area contributed by atoms with Gasteiger partial charge in [-0.25, -0.2) is 14.8 Å². The summed E-state index contributed by atoms with van der Waals surface area (Å²) < 4.78 is 16.1. The van der Waals surface area contributed by atoms with Gasteiger partial charge in [-0.2, -0.15) is 0 Å². The predicted octanol–water partition coefficient (Wildman–Crippen LogP) is 4.39. The number of rotatable bonds is 6. The minimum atomic E-state index is -0.358. The number of aryl methyl sites for hydroxylation is 1. The summed E-state index contributed by atoms with van der Waals surface area (Å²) in [6.45, 7) is 3.95. The maximum atomic E-state index is 12.2. The maximum Gasteiger partial charge on any atom is 0.348 e. The van der Waals surface area contributed by atoms with Crippen LogP contribution < -0.4 is 4.74 Å². The molecule has 29 heavy (non-hydrogen) atoms. The fourth-order valence-corrected chi connectivity index (χ4v) is 4.62. The third kappa shape index (κ3) is 3.81. The number of thiophene rings is 1. The Bertz CT molecular complexity index is 1170. The lowest BCUT2D eigenvalue weighted by Gasteiger charge is -2.01. The second-order valence-corrected chi connectivity index (χ2v) is 7.78. The minimum Gasteiger partial charge on any atom is -0.497 e. The highest BCUT2D eigenvalue weighted by molar-refractivity contribution is 7.99. The molecule has 0 spiro atoms. The van der Waals surface area contributed by atoms with Gasteiger partial charge >= 0.3 is 5.97 Å². The second-order valence-electron chi connectivity index (χ2n) is 5.84. The van der Waals surface area contributed by atoms with E-state index < -0.39 is 0 Å². The molecule has 0 bridgehead atoms. The highest BCUT2D eigenvalue weighted by atomic mass is 32.2. The first-order valence-electron chi connectivity index (χ1n) is 8.67. The van der Waals surface area contributed by atoms with Crippen molar-refractivity contribution in [3.05, 3.63) is 41.0 Å². The number of methoxy groups -OCH3 is 1. The van der Waals surface area contributed by atoms with Crippen molar-refractivity contribution < 1.29 is 18.7 Å². The van der Waals surface area contributed by atoms with Crippen LogP contribution in [0.3, 0.4) is 0 Å². The smallest absolute Gasteiger partial charge is 0.348 e. The molecular formula is C19H16N4O4S2. The predicted molar refractivity (Wildman–Crippen MR) is 109 cm³/mol.